The first-order valence-electron chi connectivity index (χ1n) is 11.0. The molecule has 225 valence electrons. The smallest absolute Gasteiger partial charge is 0.377 e. The van der Waals surface area contributed by atoms with E-state index in [0.29, 0.717) is 25.1 Å². The van der Waals surface area contributed by atoms with Crippen LogP contribution in [0.3, 0.4) is 0 Å². The fourth-order valence-corrected chi connectivity index (χ4v) is 9.04. The lowest BCUT2D eigenvalue weighted by Gasteiger charge is -2.23. The molecule has 0 aromatic carbocycles. The van der Waals surface area contributed by atoms with Gasteiger partial charge in [0.1, 0.15) is 11.5 Å². The van der Waals surface area contributed by atoms with Crippen LogP contribution in [0.4, 0.5) is 0 Å². The maximum absolute atomic E-state index is 12.1. The van der Waals surface area contributed by atoms with Gasteiger partial charge in [-0.15, -0.1) is 0 Å². The Balaban J connectivity index is 2.62. The van der Waals surface area contributed by atoms with Crippen LogP contribution in [0.2, 0.25) is 0 Å². The minimum atomic E-state index is -5.64. The first-order valence-corrected chi connectivity index (χ1v) is 20.6. The molecule has 0 saturated carbocycles. The molecule has 1 radical (unpaired) electrons. The highest BCUT2D eigenvalue weighted by molar-refractivity contribution is 8.77. The number of nitrogens with two attached hydrogens (primary N) is 1. The molecule has 0 aromatic heterocycles. The number of rotatable bonds is 19. The van der Waals surface area contributed by atoms with Gasteiger partial charge in [-0.05, 0) is 19.6 Å². The number of amides is 1. The number of nitrogens with one attached hydrogen (secondary N) is 1. The van der Waals surface area contributed by atoms with E-state index in [2.05, 4.69) is 25.7 Å². The van der Waals surface area contributed by atoms with Gasteiger partial charge >= 0.3 is 23.5 Å². The second kappa shape index (κ2) is 19.1. The number of carbonyl (C=O) groups is 1. The SMILES string of the molecule is CSS[C@@H](C)O[C@@H]1C[C@H]([B]C#CCNC(=O)CCSSCCN)OC1COP(=O)(O)OP(=O)(O)OP(=O)(O)O. The van der Waals surface area contributed by atoms with E-state index in [0.717, 1.165) is 5.75 Å². The third-order valence-electron chi connectivity index (χ3n) is 4.09. The van der Waals surface area contributed by atoms with E-state index in [4.69, 9.17) is 29.5 Å². The van der Waals surface area contributed by atoms with Gasteiger partial charge in [0, 0.05) is 30.5 Å². The zero-order valence-electron chi connectivity index (χ0n) is 20.9. The van der Waals surface area contributed by atoms with Gasteiger partial charge in [-0.3, -0.25) is 9.32 Å². The standard InChI is InChI=1S/C16H31BN2O13P3S4/c1-12(39-36-2)29-13-10-15(17-5-3-7-19-16(20)4-8-37-38-9-6-18)30-14(13)11-28-34(24,25)32-35(26,27)31-33(21,22)23/h12-15H,4,6-11,18H2,1-2H3,(H,19,20)(H,24,25)(H,26,27)(H2,21,22,23)/t12-,13+,14?,15+/m0/s1. The quantitative estimate of drug-likeness (QED) is 0.0282. The molecule has 1 heterocycles. The Hall–Kier alpha value is 0.785. The van der Waals surface area contributed by atoms with Crippen molar-refractivity contribution >= 4 is 79.8 Å². The van der Waals surface area contributed by atoms with Gasteiger partial charge in [0.25, 0.3) is 7.28 Å². The Kier molecular flexibility index (Phi) is 18.6. The summed E-state index contributed by atoms with van der Waals surface area (Å²) in [5, 5.41) is 2.68. The predicted molar refractivity (Wildman–Crippen MR) is 154 cm³/mol. The summed E-state index contributed by atoms with van der Waals surface area (Å²) >= 11 is 0. The largest absolute Gasteiger partial charge is 0.490 e. The second-order valence-electron chi connectivity index (χ2n) is 7.29. The molecule has 0 spiro atoms. The average molecular weight is 691 g/mol. The minimum Gasteiger partial charge on any atom is -0.377 e. The van der Waals surface area contributed by atoms with Crippen molar-refractivity contribution in [3.05, 3.63) is 0 Å². The van der Waals surface area contributed by atoms with Crippen molar-refractivity contribution < 1.29 is 60.7 Å². The maximum Gasteiger partial charge on any atom is 0.490 e. The van der Waals surface area contributed by atoms with Gasteiger partial charge in [0.15, 0.2) is 0 Å². The topological polar surface area (TPSA) is 233 Å². The fourth-order valence-electron chi connectivity index (χ4n) is 2.76. The molecule has 6 atom stereocenters. The zero-order chi connectivity index (χ0) is 29.5. The Morgan fingerprint density at radius 1 is 1.18 bits per heavy atom. The van der Waals surface area contributed by atoms with Gasteiger partial charge in [-0.2, -0.15) is 14.4 Å². The monoisotopic (exact) mass is 691 g/mol. The number of hydrogen-bond donors (Lipinski definition) is 6. The molecule has 1 rings (SSSR count). The number of carbonyl (C=O) groups excluding carboxylic acids is 1. The first-order chi connectivity index (χ1) is 18.2. The molecule has 1 aliphatic rings. The van der Waals surface area contributed by atoms with Crippen LogP contribution in [0.15, 0.2) is 0 Å². The normalized spacial score (nSPS) is 23.2. The van der Waals surface area contributed by atoms with Gasteiger partial charge in [0.05, 0.1) is 19.3 Å². The van der Waals surface area contributed by atoms with Crippen LogP contribution in [0.25, 0.3) is 0 Å². The summed E-state index contributed by atoms with van der Waals surface area (Å²) in [7, 11) is -8.87. The highest BCUT2D eigenvalue weighted by Crippen LogP contribution is 2.66. The lowest BCUT2D eigenvalue weighted by Crippen LogP contribution is -2.30. The third-order valence-corrected chi connectivity index (χ3v) is 12.3. The molecule has 1 fully saturated rings. The van der Waals surface area contributed by atoms with E-state index in [1.165, 1.54) is 28.9 Å². The van der Waals surface area contributed by atoms with Gasteiger partial charge in [-0.1, -0.05) is 49.1 Å². The van der Waals surface area contributed by atoms with Crippen molar-refractivity contribution in [1.29, 1.82) is 0 Å². The van der Waals surface area contributed by atoms with Crippen molar-refractivity contribution in [2.75, 3.05) is 37.5 Å². The van der Waals surface area contributed by atoms with E-state index in [9.17, 15) is 28.3 Å². The van der Waals surface area contributed by atoms with Crippen molar-refractivity contribution in [3.63, 3.8) is 0 Å². The third kappa shape index (κ3) is 18.8. The van der Waals surface area contributed by atoms with Crippen LogP contribution in [-0.4, -0.2) is 93.9 Å². The second-order valence-corrected chi connectivity index (χ2v) is 17.2. The molecule has 1 saturated heterocycles. The predicted octanol–water partition coefficient (Wildman–Crippen LogP) is 1.70. The van der Waals surface area contributed by atoms with Crippen molar-refractivity contribution in [1.82, 2.24) is 5.32 Å². The highest BCUT2D eigenvalue weighted by Gasteiger charge is 2.43. The lowest BCUT2D eigenvalue weighted by molar-refractivity contribution is -0.120. The zero-order valence-corrected chi connectivity index (χ0v) is 26.8. The summed E-state index contributed by atoms with van der Waals surface area (Å²) in [6.07, 6.45) is 0.929. The molecule has 1 aliphatic heterocycles. The number of phosphoric ester groups is 1. The van der Waals surface area contributed by atoms with Crippen molar-refractivity contribution in [2.45, 2.75) is 43.4 Å². The molecular weight excluding hydrogens is 660 g/mol. The molecule has 1 amide bonds. The van der Waals surface area contributed by atoms with E-state index in [1.807, 2.05) is 6.26 Å². The van der Waals surface area contributed by atoms with Gasteiger partial charge < -0.3 is 40.1 Å². The Bertz CT molecular complexity index is 971. The Morgan fingerprint density at radius 2 is 1.87 bits per heavy atom. The average Bonchev–Trinajstić information content (AvgIpc) is 3.16. The Labute approximate surface area is 243 Å². The summed E-state index contributed by atoms with van der Waals surface area (Å²) in [5.74, 6) is 6.89. The molecule has 0 aliphatic carbocycles. The number of hydrogen-bond acceptors (Lipinski definition) is 14. The maximum atomic E-state index is 12.1. The molecule has 15 nitrogen and oxygen atoms in total. The summed E-state index contributed by atoms with van der Waals surface area (Å²) in [4.78, 5) is 48.1. The van der Waals surface area contributed by atoms with Gasteiger partial charge in [0.2, 0.25) is 5.91 Å². The molecule has 3 unspecified atom stereocenters. The van der Waals surface area contributed by atoms with Crippen LogP contribution in [0.1, 0.15) is 19.8 Å². The summed E-state index contributed by atoms with van der Waals surface area (Å²) in [5.41, 5.74) is 5.11. The van der Waals surface area contributed by atoms with Crippen LogP contribution in [0, 0.1) is 11.7 Å². The minimum absolute atomic E-state index is 0.124. The Morgan fingerprint density at radius 3 is 2.51 bits per heavy atom. The molecule has 7 N–H and O–H groups in total. The number of ether oxygens (including phenoxy) is 2. The van der Waals surface area contributed by atoms with Crippen LogP contribution < -0.4 is 11.1 Å². The van der Waals surface area contributed by atoms with E-state index < -0.39 is 48.3 Å². The fraction of sp³-hybridized carbons (Fsp3) is 0.812. The van der Waals surface area contributed by atoms with E-state index >= 15 is 0 Å². The van der Waals surface area contributed by atoms with Crippen molar-refractivity contribution in [3.8, 4) is 11.7 Å². The molecule has 23 heteroatoms. The first kappa shape index (κ1) is 37.8. The van der Waals surface area contributed by atoms with Crippen LogP contribution >= 0.6 is 66.6 Å². The van der Waals surface area contributed by atoms with Crippen LogP contribution in [0.5, 0.6) is 0 Å². The molecule has 39 heavy (non-hydrogen) atoms. The van der Waals surface area contributed by atoms with Gasteiger partial charge in [-0.25, -0.2) is 13.7 Å². The van der Waals surface area contributed by atoms with E-state index in [1.54, 1.807) is 28.5 Å². The molecular formula is C16H31BN2O13P3S4. The number of phosphoric acid groups is 3. The van der Waals surface area contributed by atoms with Crippen molar-refractivity contribution in [2.24, 2.45) is 5.73 Å². The lowest BCUT2D eigenvalue weighted by atomic mass is 9.71. The summed E-state index contributed by atoms with van der Waals surface area (Å²) in [6.45, 7) is 1.85. The van der Waals surface area contributed by atoms with Crippen LogP contribution in [-0.2, 0) is 41.1 Å². The molecule has 0 bridgehead atoms. The highest BCUT2D eigenvalue weighted by atomic mass is 33.1. The summed E-state index contributed by atoms with van der Waals surface area (Å²) < 4.78 is 58.2. The summed E-state index contributed by atoms with van der Waals surface area (Å²) in [6, 6.07) is -0.574. The molecule has 0 aromatic rings. The van der Waals surface area contributed by atoms with E-state index in [-0.39, 0.29) is 17.9 Å².